The molecule has 1 amide bonds. The first-order valence-electron chi connectivity index (χ1n) is 10.4. The van der Waals surface area contributed by atoms with Gasteiger partial charge in [0.1, 0.15) is 28.6 Å². The average molecular weight is 480 g/mol. The van der Waals surface area contributed by atoms with Crippen LogP contribution in [0.25, 0.3) is 0 Å². The minimum absolute atomic E-state index is 0.0521. The molecule has 1 aliphatic rings. The van der Waals surface area contributed by atoms with Crippen molar-refractivity contribution in [2.24, 2.45) is 7.05 Å². The molecular weight excluding hydrogens is 450 g/mol. The molecule has 2 heterocycles. The van der Waals surface area contributed by atoms with Gasteiger partial charge in [-0.2, -0.15) is 4.31 Å². The predicted octanol–water partition coefficient (Wildman–Crippen LogP) is 1.64. The Morgan fingerprint density at radius 1 is 1.00 bits per heavy atom. The maximum Gasteiger partial charge on any atom is 0.325 e. The highest BCUT2D eigenvalue weighted by Gasteiger charge is 2.31. The van der Waals surface area contributed by atoms with Gasteiger partial charge in [0.2, 0.25) is 10.0 Å². The van der Waals surface area contributed by atoms with Crippen molar-refractivity contribution in [3.05, 3.63) is 41.7 Å². The number of amides is 1. The molecule has 1 fully saturated rings. The molecule has 0 bridgehead atoms. The van der Waals surface area contributed by atoms with Crippen molar-refractivity contribution in [1.82, 2.24) is 13.8 Å². The van der Waals surface area contributed by atoms with Crippen molar-refractivity contribution >= 4 is 21.9 Å². The standard InChI is InChI=1S/C22H29N3O7S/c1-23-14-19(33(28,29)25-7-5-6-8-25)12-20(23)22(27)24(15-21(26)32-4)13-16-9-17(30-2)11-18(10-16)31-3/h9-12,14H,5-8,13,15H2,1-4H3. The van der Waals surface area contributed by atoms with Crippen LogP contribution in [0.5, 0.6) is 11.5 Å². The van der Waals surface area contributed by atoms with Gasteiger partial charge >= 0.3 is 5.97 Å². The van der Waals surface area contributed by atoms with Gasteiger partial charge in [-0.1, -0.05) is 0 Å². The summed E-state index contributed by atoms with van der Waals surface area (Å²) in [5, 5.41) is 0. The van der Waals surface area contributed by atoms with Crippen molar-refractivity contribution in [2.75, 3.05) is 41.0 Å². The summed E-state index contributed by atoms with van der Waals surface area (Å²) in [6, 6.07) is 6.51. The molecule has 0 atom stereocenters. The zero-order valence-electron chi connectivity index (χ0n) is 19.2. The van der Waals surface area contributed by atoms with Crippen LogP contribution >= 0.6 is 0 Å². The highest BCUT2D eigenvalue weighted by molar-refractivity contribution is 7.89. The number of rotatable bonds is 9. The number of carbonyl (C=O) groups is 2. The molecule has 1 aliphatic heterocycles. The number of aryl methyl sites for hydroxylation is 1. The minimum atomic E-state index is -3.69. The molecule has 0 unspecified atom stereocenters. The van der Waals surface area contributed by atoms with Crippen molar-refractivity contribution in [3.8, 4) is 11.5 Å². The van der Waals surface area contributed by atoms with Crippen molar-refractivity contribution in [3.63, 3.8) is 0 Å². The second kappa shape index (κ2) is 10.3. The van der Waals surface area contributed by atoms with E-state index in [1.165, 1.54) is 47.4 Å². The summed E-state index contributed by atoms with van der Waals surface area (Å²) in [7, 11) is 2.18. The van der Waals surface area contributed by atoms with Crippen molar-refractivity contribution in [2.45, 2.75) is 24.3 Å². The summed E-state index contributed by atoms with van der Waals surface area (Å²) in [6.07, 6.45) is 3.05. The van der Waals surface area contributed by atoms with Gasteiger partial charge in [-0.25, -0.2) is 8.42 Å². The van der Waals surface area contributed by atoms with Crippen molar-refractivity contribution in [1.29, 1.82) is 0 Å². The van der Waals surface area contributed by atoms with E-state index in [0.717, 1.165) is 12.8 Å². The molecular formula is C22H29N3O7S. The Labute approximate surface area is 193 Å². The van der Waals surface area contributed by atoms with Crippen LogP contribution in [0.4, 0.5) is 0 Å². The maximum absolute atomic E-state index is 13.4. The number of ether oxygens (including phenoxy) is 3. The van der Waals surface area contributed by atoms with Crippen LogP contribution in [0, 0.1) is 0 Å². The van der Waals surface area contributed by atoms with Gasteiger partial charge in [-0.3, -0.25) is 9.59 Å². The second-order valence-electron chi connectivity index (χ2n) is 7.74. The predicted molar refractivity (Wildman–Crippen MR) is 120 cm³/mol. The summed E-state index contributed by atoms with van der Waals surface area (Å²) in [5.74, 6) is -0.0368. The zero-order chi connectivity index (χ0) is 24.2. The van der Waals surface area contributed by atoms with Crippen LogP contribution < -0.4 is 9.47 Å². The maximum atomic E-state index is 13.4. The average Bonchev–Trinajstić information content (AvgIpc) is 3.48. The molecule has 0 N–H and O–H groups in total. The molecule has 2 aromatic rings. The first-order chi connectivity index (χ1) is 15.7. The third kappa shape index (κ3) is 5.48. The summed E-state index contributed by atoms with van der Waals surface area (Å²) in [5.41, 5.74) is 0.814. The summed E-state index contributed by atoms with van der Waals surface area (Å²) in [6.45, 7) is 0.675. The second-order valence-corrected chi connectivity index (χ2v) is 9.68. The molecule has 10 nitrogen and oxygen atoms in total. The molecule has 1 aromatic carbocycles. The summed E-state index contributed by atoms with van der Waals surface area (Å²) >= 11 is 0. The van der Waals surface area contributed by atoms with E-state index < -0.39 is 21.9 Å². The van der Waals surface area contributed by atoms with Gasteiger partial charge in [-0.15, -0.1) is 0 Å². The van der Waals surface area contributed by atoms with E-state index >= 15 is 0 Å². The Hall–Kier alpha value is -3.05. The lowest BCUT2D eigenvalue weighted by Crippen LogP contribution is -2.36. The molecule has 0 saturated carbocycles. The Kier molecular flexibility index (Phi) is 7.65. The lowest BCUT2D eigenvalue weighted by molar-refractivity contribution is -0.141. The topological polar surface area (TPSA) is 107 Å². The molecule has 1 aromatic heterocycles. The van der Waals surface area contributed by atoms with E-state index in [0.29, 0.717) is 30.2 Å². The summed E-state index contributed by atoms with van der Waals surface area (Å²) < 4.78 is 44.1. The first kappa shape index (κ1) is 24.6. The zero-order valence-corrected chi connectivity index (χ0v) is 20.1. The third-order valence-electron chi connectivity index (χ3n) is 5.52. The van der Waals surface area contributed by atoms with Crippen molar-refractivity contribution < 1.29 is 32.2 Å². The highest BCUT2D eigenvalue weighted by Crippen LogP contribution is 2.26. The number of nitrogens with zero attached hydrogens (tertiary/aromatic N) is 3. The SMILES string of the molecule is COC(=O)CN(Cc1cc(OC)cc(OC)c1)C(=O)c1cc(S(=O)(=O)N2CCCC2)cn1C. The van der Waals surface area contributed by atoms with E-state index in [1.807, 2.05) is 0 Å². The quantitative estimate of drug-likeness (QED) is 0.503. The first-order valence-corrected chi connectivity index (χ1v) is 11.9. The number of hydrogen-bond acceptors (Lipinski definition) is 7. The fourth-order valence-electron chi connectivity index (χ4n) is 3.73. The van der Waals surface area contributed by atoms with Crippen LogP contribution in [-0.4, -0.2) is 75.0 Å². The Balaban J connectivity index is 1.93. The molecule has 3 rings (SSSR count). The number of hydrogen-bond donors (Lipinski definition) is 0. The minimum Gasteiger partial charge on any atom is -0.497 e. The molecule has 0 spiro atoms. The lowest BCUT2D eigenvalue weighted by atomic mass is 10.1. The highest BCUT2D eigenvalue weighted by atomic mass is 32.2. The number of carbonyl (C=O) groups excluding carboxylic acids is 2. The normalized spacial score (nSPS) is 14.2. The van der Waals surface area contributed by atoms with E-state index in [4.69, 9.17) is 14.2 Å². The Morgan fingerprint density at radius 2 is 1.61 bits per heavy atom. The molecule has 0 aliphatic carbocycles. The van der Waals surface area contributed by atoms with Gasteiger partial charge in [0.15, 0.2) is 0 Å². The number of benzene rings is 1. The van der Waals surface area contributed by atoms with E-state index in [2.05, 4.69) is 0 Å². The van der Waals surface area contributed by atoms with E-state index in [9.17, 15) is 18.0 Å². The van der Waals surface area contributed by atoms with E-state index in [-0.39, 0.29) is 23.7 Å². The Morgan fingerprint density at radius 3 is 2.15 bits per heavy atom. The monoisotopic (exact) mass is 479 g/mol. The largest absolute Gasteiger partial charge is 0.497 e. The van der Waals surface area contributed by atoms with Crippen LogP contribution in [-0.2, 0) is 33.1 Å². The third-order valence-corrected chi connectivity index (χ3v) is 7.39. The van der Waals surface area contributed by atoms with Gasteiger partial charge in [0.25, 0.3) is 5.91 Å². The molecule has 33 heavy (non-hydrogen) atoms. The molecule has 1 saturated heterocycles. The van der Waals surface area contributed by atoms with Gasteiger partial charge < -0.3 is 23.7 Å². The fourth-order valence-corrected chi connectivity index (χ4v) is 5.31. The number of methoxy groups -OCH3 is 3. The molecule has 180 valence electrons. The molecule has 0 radical (unpaired) electrons. The van der Waals surface area contributed by atoms with Crippen LogP contribution in [0.1, 0.15) is 28.9 Å². The van der Waals surface area contributed by atoms with Gasteiger partial charge in [0, 0.05) is 38.9 Å². The van der Waals surface area contributed by atoms with Crippen LogP contribution in [0.2, 0.25) is 0 Å². The van der Waals surface area contributed by atoms with Crippen LogP contribution in [0.3, 0.4) is 0 Å². The van der Waals surface area contributed by atoms with Gasteiger partial charge in [-0.05, 0) is 36.6 Å². The molecule has 11 heteroatoms. The fraction of sp³-hybridized carbons (Fsp3) is 0.455. The smallest absolute Gasteiger partial charge is 0.325 e. The number of esters is 1. The lowest BCUT2D eigenvalue weighted by Gasteiger charge is -2.22. The Bertz CT molecular complexity index is 1100. The summed E-state index contributed by atoms with van der Waals surface area (Å²) in [4.78, 5) is 26.8. The number of aromatic nitrogens is 1. The van der Waals surface area contributed by atoms with Gasteiger partial charge in [0.05, 0.1) is 21.3 Å². The van der Waals surface area contributed by atoms with Crippen LogP contribution in [0.15, 0.2) is 35.4 Å². The van der Waals surface area contributed by atoms with E-state index in [1.54, 1.807) is 25.2 Å². The number of sulfonamides is 1.